The van der Waals surface area contributed by atoms with E-state index in [0.29, 0.717) is 31.4 Å². The number of amides is 1. The molecule has 0 radical (unpaired) electrons. The first-order valence-corrected chi connectivity index (χ1v) is 9.90. The minimum atomic E-state index is 0.133. The van der Waals surface area contributed by atoms with Crippen LogP contribution in [0.4, 0.5) is 0 Å². The van der Waals surface area contributed by atoms with E-state index in [9.17, 15) is 4.79 Å². The predicted octanol–water partition coefficient (Wildman–Crippen LogP) is 2.64. The van der Waals surface area contributed by atoms with Crippen LogP contribution in [0.1, 0.15) is 38.7 Å². The smallest absolute Gasteiger partial charge is 0.220 e. The van der Waals surface area contributed by atoms with E-state index < -0.39 is 0 Å². The summed E-state index contributed by atoms with van der Waals surface area (Å²) >= 11 is 0. The summed E-state index contributed by atoms with van der Waals surface area (Å²) in [6.07, 6.45) is 2.65. The molecule has 0 spiro atoms. The lowest BCUT2D eigenvalue weighted by atomic mass is 9.93. The number of nitrogens with zero attached hydrogens (tertiary/aromatic N) is 2. The van der Waals surface area contributed by atoms with E-state index >= 15 is 0 Å². The van der Waals surface area contributed by atoms with Crippen LogP contribution in [0.5, 0.6) is 5.75 Å². The van der Waals surface area contributed by atoms with Gasteiger partial charge in [-0.3, -0.25) is 9.79 Å². The van der Waals surface area contributed by atoms with Crippen LogP contribution >= 0.6 is 0 Å². The molecule has 2 rings (SSSR count). The summed E-state index contributed by atoms with van der Waals surface area (Å²) < 4.78 is 5.94. The molecule has 1 fully saturated rings. The van der Waals surface area contributed by atoms with Gasteiger partial charge in [-0.05, 0) is 30.7 Å². The molecule has 1 saturated heterocycles. The fraction of sp³-hybridized carbons (Fsp3) is 0.619. The molecule has 1 amide bonds. The zero-order valence-corrected chi connectivity index (χ0v) is 17.1. The first kappa shape index (κ1) is 21.1. The van der Waals surface area contributed by atoms with Crippen LogP contribution < -0.4 is 15.4 Å². The molecule has 6 heteroatoms. The summed E-state index contributed by atoms with van der Waals surface area (Å²) in [6, 6.07) is 8.15. The highest BCUT2D eigenvalue weighted by molar-refractivity contribution is 5.80. The van der Waals surface area contributed by atoms with E-state index in [1.165, 1.54) is 0 Å². The highest BCUT2D eigenvalue weighted by Gasteiger charge is 2.23. The van der Waals surface area contributed by atoms with Crippen molar-refractivity contribution in [2.45, 2.75) is 39.7 Å². The Hall–Kier alpha value is -2.24. The van der Waals surface area contributed by atoms with Crippen LogP contribution in [0.3, 0.4) is 0 Å². The van der Waals surface area contributed by atoms with Gasteiger partial charge in [0.25, 0.3) is 0 Å². The van der Waals surface area contributed by atoms with Crippen LogP contribution in [-0.2, 0) is 11.3 Å². The van der Waals surface area contributed by atoms with Gasteiger partial charge in [-0.2, -0.15) is 0 Å². The van der Waals surface area contributed by atoms with Crippen molar-refractivity contribution in [1.82, 2.24) is 15.5 Å². The highest BCUT2D eigenvalue weighted by atomic mass is 16.5. The fourth-order valence-corrected chi connectivity index (χ4v) is 3.27. The third-order valence-electron chi connectivity index (χ3n) is 4.86. The molecule has 27 heavy (non-hydrogen) atoms. The van der Waals surface area contributed by atoms with E-state index in [0.717, 1.165) is 43.2 Å². The Morgan fingerprint density at radius 3 is 2.63 bits per heavy atom. The molecule has 0 unspecified atom stereocenters. The lowest BCUT2D eigenvalue weighted by Gasteiger charge is -2.34. The van der Waals surface area contributed by atoms with E-state index in [-0.39, 0.29) is 5.91 Å². The molecule has 1 heterocycles. The Morgan fingerprint density at radius 2 is 2.00 bits per heavy atom. The number of aliphatic imine (C=N–C) groups is 1. The van der Waals surface area contributed by atoms with Gasteiger partial charge in [0.05, 0.1) is 6.61 Å². The Kier molecular flexibility index (Phi) is 8.43. The molecule has 0 aliphatic carbocycles. The standard InChI is InChI=1S/C21H34N4O2/c1-16(2)15-27-19-8-6-5-7-18(19)14-24-21(23-4)25-11-9-17(10-12-25)13-20(26)22-3/h5-8,16-17H,9-15H2,1-4H3,(H,22,26)(H,23,24). The molecule has 1 aromatic rings. The van der Waals surface area contributed by atoms with Crippen molar-refractivity contribution in [2.75, 3.05) is 33.8 Å². The van der Waals surface area contributed by atoms with Crippen molar-refractivity contribution < 1.29 is 9.53 Å². The van der Waals surface area contributed by atoms with Gasteiger partial charge >= 0.3 is 0 Å². The number of guanidine groups is 1. The van der Waals surface area contributed by atoms with Crippen LogP contribution in [0.2, 0.25) is 0 Å². The lowest BCUT2D eigenvalue weighted by Crippen LogP contribution is -2.45. The fourth-order valence-electron chi connectivity index (χ4n) is 3.27. The second kappa shape index (κ2) is 10.8. The summed E-state index contributed by atoms with van der Waals surface area (Å²) in [5.41, 5.74) is 1.13. The van der Waals surface area contributed by atoms with Gasteiger partial charge in [-0.1, -0.05) is 32.0 Å². The Labute approximate surface area is 163 Å². The van der Waals surface area contributed by atoms with E-state index in [2.05, 4.69) is 40.4 Å². The molecule has 1 aliphatic heterocycles. The SMILES string of the molecule is CN=C(NCc1ccccc1OCC(C)C)N1CCC(CC(=O)NC)CC1. The number of ether oxygens (including phenoxy) is 1. The highest BCUT2D eigenvalue weighted by Crippen LogP contribution is 2.21. The summed E-state index contributed by atoms with van der Waals surface area (Å²) in [7, 11) is 3.52. The first-order valence-electron chi connectivity index (χ1n) is 9.90. The third-order valence-corrected chi connectivity index (χ3v) is 4.86. The average molecular weight is 375 g/mol. The van der Waals surface area contributed by atoms with E-state index in [4.69, 9.17) is 4.74 Å². The largest absolute Gasteiger partial charge is 0.493 e. The Morgan fingerprint density at radius 1 is 1.30 bits per heavy atom. The lowest BCUT2D eigenvalue weighted by molar-refractivity contribution is -0.121. The Balaban J connectivity index is 1.87. The molecular formula is C21H34N4O2. The summed E-state index contributed by atoms with van der Waals surface area (Å²) in [6.45, 7) is 7.54. The van der Waals surface area contributed by atoms with Gasteiger partial charge in [0.2, 0.25) is 5.91 Å². The van der Waals surface area contributed by atoms with Crippen molar-refractivity contribution in [3.05, 3.63) is 29.8 Å². The number of benzene rings is 1. The number of likely N-dealkylation sites (tertiary alicyclic amines) is 1. The molecule has 6 nitrogen and oxygen atoms in total. The van der Waals surface area contributed by atoms with Crippen LogP contribution in [0, 0.1) is 11.8 Å². The zero-order chi connectivity index (χ0) is 19.6. The quantitative estimate of drug-likeness (QED) is 0.569. The molecule has 0 aromatic heterocycles. The predicted molar refractivity (Wildman–Crippen MR) is 110 cm³/mol. The minimum Gasteiger partial charge on any atom is -0.493 e. The maximum atomic E-state index is 11.6. The molecular weight excluding hydrogens is 340 g/mol. The molecule has 1 aromatic carbocycles. The monoisotopic (exact) mass is 374 g/mol. The number of carbonyl (C=O) groups is 1. The van der Waals surface area contributed by atoms with Crippen LogP contribution in [0.25, 0.3) is 0 Å². The normalized spacial score (nSPS) is 15.7. The van der Waals surface area contributed by atoms with Crippen molar-refractivity contribution >= 4 is 11.9 Å². The zero-order valence-electron chi connectivity index (χ0n) is 17.1. The number of hydrogen-bond acceptors (Lipinski definition) is 3. The molecule has 150 valence electrons. The van der Waals surface area contributed by atoms with Crippen molar-refractivity contribution in [2.24, 2.45) is 16.8 Å². The minimum absolute atomic E-state index is 0.133. The maximum Gasteiger partial charge on any atom is 0.220 e. The number of piperidine rings is 1. The topological polar surface area (TPSA) is 66.0 Å². The van der Waals surface area contributed by atoms with Gasteiger partial charge in [0.15, 0.2) is 5.96 Å². The van der Waals surface area contributed by atoms with Gasteiger partial charge < -0.3 is 20.3 Å². The molecule has 0 saturated carbocycles. The van der Waals surface area contributed by atoms with Crippen molar-refractivity contribution in [3.63, 3.8) is 0 Å². The first-order chi connectivity index (χ1) is 13.0. The molecule has 1 aliphatic rings. The number of carbonyl (C=O) groups excluding carboxylic acids is 1. The van der Waals surface area contributed by atoms with E-state index in [1.54, 1.807) is 7.05 Å². The Bertz CT molecular complexity index is 622. The van der Waals surface area contributed by atoms with Crippen molar-refractivity contribution in [3.8, 4) is 5.75 Å². The van der Waals surface area contributed by atoms with Gasteiger partial charge in [-0.15, -0.1) is 0 Å². The van der Waals surface area contributed by atoms with Crippen LogP contribution in [-0.4, -0.2) is 50.6 Å². The second-order valence-corrected chi connectivity index (χ2v) is 7.52. The summed E-state index contributed by atoms with van der Waals surface area (Å²) in [4.78, 5) is 18.3. The molecule has 2 N–H and O–H groups in total. The number of nitrogens with one attached hydrogen (secondary N) is 2. The number of rotatable bonds is 7. The summed E-state index contributed by atoms with van der Waals surface area (Å²) in [5.74, 6) is 2.93. The molecule has 0 atom stereocenters. The average Bonchev–Trinajstić information content (AvgIpc) is 2.68. The maximum absolute atomic E-state index is 11.6. The van der Waals surface area contributed by atoms with Crippen LogP contribution in [0.15, 0.2) is 29.3 Å². The van der Waals surface area contributed by atoms with Gasteiger partial charge in [-0.25, -0.2) is 0 Å². The third kappa shape index (κ3) is 6.77. The summed E-state index contributed by atoms with van der Waals surface area (Å²) in [5, 5.41) is 6.18. The number of para-hydroxylation sites is 1. The molecule has 0 bridgehead atoms. The van der Waals surface area contributed by atoms with Crippen molar-refractivity contribution in [1.29, 1.82) is 0 Å². The second-order valence-electron chi connectivity index (χ2n) is 7.52. The van der Waals surface area contributed by atoms with Gasteiger partial charge in [0, 0.05) is 45.7 Å². The van der Waals surface area contributed by atoms with Gasteiger partial charge in [0.1, 0.15) is 5.75 Å². The van der Waals surface area contributed by atoms with E-state index in [1.807, 2.05) is 25.2 Å². The number of hydrogen-bond donors (Lipinski definition) is 2.